The second-order valence-electron chi connectivity index (χ2n) is 6.58. The molecule has 0 aromatic heterocycles. The molecule has 2 aromatic carbocycles. The molecule has 0 saturated carbocycles. The standard InChI is InChI=1S/C20H25ClN2O/c1-2-23-12-10-18(11-13-23)22-15-16-4-3-5-20(14-16)24-19-8-6-17(21)7-9-19/h3-9,14,18,22H,2,10-13,15H2,1H3/p+2. The van der Waals surface area contributed by atoms with Gasteiger partial charge in [0, 0.05) is 23.4 Å². The lowest BCUT2D eigenvalue weighted by Gasteiger charge is -2.27. The van der Waals surface area contributed by atoms with Gasteiger partial charge in [-0.1, -0.05) is 23.7 Å². The molecule has 1 aliphatic heterocycles. The van der Waals surface area contributed by atoms with Crippen LogP contribution >= 0.6 is 11.6 Å². The number of quaternary nitrogens is 2. The van der Waals surface area contributed by atoms with Crippen LogP contribution in [0, 0.1) is 0 Å². The van der Waals surface area contributed by atoms with E-state index in [4.69, 9.17) is 16.3 Å². The molecule has 0 amide bonds. The summed E-state index contributed by atoms with van der Waals surface area (Å²) >= 11 is 5.91. The predicted molar refractivity (Wildman–Crippen MR) is 97.9 cm³/mol. The first-order valence-electron chi connectivity index (χ1n) is 8.92. The molecule has 3 N–H and O–H groups in total. The molecular formula is C20H27ClN2O+2. The lowest BCUT2D eigenvalue weighted by molar-refractivity contribution is -0.912. The van der Waals surface area contributed by atoms with Gasteiger partial charge in [0.2, 0.25) is 0 Å². The quantitative estimate of drug-likeness (QED) is 0.825. The van der Waals surface area contributed by atoms with Crippen molar-refractivity contribution in [3.05, 3.63) is 59.1 Å². The number of nitrogens with one attached hydrogen (secondary N) is 1. The van der Waals surface area contributed by atoms with E-state index in [1.807, 2.05) is 30.3 Å². The average Bonchev–Trinajstić information content (AvgIpc) is 2.63. The van der Waals surface area contributed by atoms with E-state index in [-0.39, 0.29) is 0 Å². The Kier molecular flexibility index (Phi) is 6.13. The van der Waals surface area contributed by atoms with Crippen molar-refractivity contribution in [3.63, 3.8) is 0 Å². The summed E-state index contributed by atoms with van der Waals surface area (Å²) in [5.74, 6) is 1.70. The second-order valence-corrected chi connectivity index (χ2v) is 7.02. The maximum atomic E-state index is 5.92. The maximum absolute atomic E-state index is 5.92. The number of rotatable bonds is 6. The summed E-state index contributed by atoms with van der Waals surface area (Å²) in [5.41, 5.74) is 1.31. The van der Waals surface area contributed by atoms with Gasteiger partial charge in [0.1, 0.15) is 18.0 Å². The summed E-state index contributed by atoms with van der Waals surface area (Å²) in [6.45, 7) is 7.20. The van der Waals surface area contributed by atoms with E-state index in [0.29, 0.717) is 0 Å². The highest BCUT2D eigenvalue weighted by molar-refractivity contribution is 6.30. The molecule has 24 heavy (non-hydrogen) atoms. The van der Waals surface area contributed by atoms with E-state index < -0.39 is 0 Å². The van der Waals surface area contributed by atoms with Gasteiger partial charge in [-0.15, -0.1) is 0 Å². The normalized spacial score (nSPS) is 20.8. The zero-order valence-corrected chi connectivity index (χ0v) is 15.1. The number of likely N-dealkylation sites (tertiary alicyclic amines) is 1. The summed E-state index contributed by atoms with van der Waals surface area (Å²) in [4.78, 5) is 1.75. The van der Waals surface area contributed by atoms with Crippen LogP contribution in [0.1, 0.15) is 25.3 Å². The van der Waals surface area contributed by atoms with Crippen molar-refractivity contribution in [2.75, 3.05) is 19.6 Å². The molecule has 0 atom stereocenters. The minimum absolute atomic E-state index is 0.724. The van der Waals surface area contributed by atoms with E-state index >= 15 is 0 Å². The largest absolute Gasteiger partial charge is 0.457 e. The number of hydrogen-bond acceptors (Lipinski definition) is 1. The lowest BCUT2D eigenvalue weighted by Crippen LogP contribution is -3.14. The molecule has 2 aromatic rings. The van der Waals surface area contributed by atoms with Crippen molar-refractivity contribution in [2.24, 2.45) is 0 Å². The van der Waals surface area contributed by atoms with Gasteiger partial charge in [-0.2, -0.15) is 0 Å². The van der Waals surface area contributed by atoms with Crippen LogP contribution < -0.4 is 15.0 Å². The van der Waals surface area contributed by atoms with E-state index in [9.17, 15) is 0 Å². The van der Waals surface area contributed by atoms with Gasteiger partial charge in [-0.25, -0.2) is 0 Å². The van der Waals surface area contributed by atoms with Crippen molar-refractivity contribution in [1.82, 2.24) is 0 Å². The molecule has 3 rings (SSSR count). The first-order chi connectivity index (χ1) is 11.7. The summed E-state index contributed by atoms with van der Waals surface area (Å²) in [7, 11) is 0. The van der Waals surface area contributed by atoms with Crippen molar-refractivity contribution < 1.29 is 15.0 Å². The van der Waals surface area contributed by atoms with Crippen LogP contribution in [0.25, 0.3) is 0 Å². The summed E-state index contributed by atoms with van der Waals surface area (Å²) in [6.07, 6.45) is 2.65. The Morgan fingerprint density at radius 3 is 2.54 bits per heavy atom. The molecule has 4 heteroatoms. The zero-order valence-electron chi connectivity index (χ0n) is 14.3. The molecular weight excluding hydrogens is 320 g/mol. The van der Waals surface area contributed by atoms with Crippen LogP contribution in [0.3, 0.4) is 0 Å². The molecule has 1 aliphatic rings. The lowest BCUT2D eigenvalue weighted by atomic mass is 10.0. The van der Waals surface area contributed by atoms with Gasteiger partial charge in [0.25, 0.3) is 0 Å². The highest BCUT2D eigenvalue weighted by Gasteiger charge is 2.22. The van der Waals surface area contributed by atoms with Crippen molar-refractivity contribution in [2.45, 2.75) is 32.4 Å². The summed E-state index contributed by atoms with van der Waals surface area (Å²) < 4.78 is 5.92. The number of benzene rings is 2. The van der Waals surface area contributed by atoms with E-state index in [1.54, 1.807) is 4.90 Å². The van der Waals surface area contributed by atoms with Crippen LogP contribution in [-0.4, -0.2) is 25.7 Å². The van der Waals surface area contributed by atoms with Crippen LogP contribution in [0.15, 0.2) is 48.5 Å². The Labute approximate surface area is 149 Å². The van der Waals surface area contributed by atoms with E-state index in [0.717, 1.165) is 29.1 Å². The molecule has 128 valence electrons. The Morgan fingerprint density at radius 1 is 1.08 bits per heavy atom. The van der Waals surface area contributed by atoms with Gasteiger partial charge in [-0.05, 0) is 43.3 Å². The second kappa shape index (κ2) is 8.52. The third-order valence-electron chi connectivity index (χ3n) is 4.87. The molecule has 0 unspecified atom stereocenters. The van der Waals surface area contributed by atoms with Crippen LogP contribution in [0.4, 0.5) is 0 Å². The molecule has 1 fully saturated rings. The van der Waals surface area contributed by atoms with Gasteiger partial charge in [0.05, 0.1) is 25.7 Å². The number of hydrogen-bond donors (Lipinski definition) is 2. The van der Waals surface area contributed by atoms with E-state index in [1.165, 1.54) is 38.0 Å². The van der Waals surface area contributed by atoms with Crippen molar-refractivity contribution >= 4 is 11.6 Å². The highest BCUT2D eigenvalue weighted by Crippen LogP contribution is 2.23. The third kappa shape index (κ3) is 4.97. The number of ether oxygens (including phenoxy) is 1. The third-order valence-corrected chi connectivity index (χ3v) is 5.12. The fourth-order valence-corrected chi connectivity index (χ4v) is 3.44. The maximum Gasteiger partial charge on any atom is 0.127 e. The molecule has 0 radical (unpaired) electrons. The average molecular weight is 347 g/mol. The number of piperidine rings is 1. The SMILES string of the molecule is CC[NH+]1CCC([NH2+]Cc2cccc(Oc3ccc(Cl)cc3)c2)CC1. The Hall–Kier alpha value is -1.55. The monoisotopic (exact) mass is 346 g/mol. The number of halogens is 1. The fourth-order valence-electron chi connectivity index (χ4n) is 3.32. The van der Waals surface area contributed by atoms with Crippen LogP contribution in [-0.2, 0) is 6.54 Å². The summed E-state index contributed by atoms with van der Waals surface area (Å²) in [6, 6.07) is 16.6. The van der Waals surface area contributed by atoms with Gasteiger partial charge >= 0.3 is 0 Å². The topological polar surface area (TPSA) is 30.3 Å². The molecule has 0 bridgehead atoms. The zero-order chi connectivity index (χ0) is 16.8. The van der Waals surface area contributed by atoms with Gasteiger partial charge in [0.15, 0.2) is 0 Å². The molecule has 3 nitrogen and oxygen atoms in total. The first-order valence-corrected chi connectivity index (χ1v) is 9.30. The van der Waals surface area contributed by atoms with Gasteiger partial charge < -0.3 is 15.0 Å². The smallest absolute Gasteiger partial charge is 0.127 e. The Morgan fingerprint density at radius 2 is 1.83 bits per heavy atom. The minimum Gasteiger partial charge on any atom is -0.457 e. The predicted octanol–water partition coefficient (Wildman–Crippen LogP) is 2.26. The number of nitrogens with two attached hydrogens (primary N) is 1. The molecule has 0 spiro atoms. The minimum atomic E-state index is 0.724. The Bertz CT molecular complexity index is 636. The van der Waals surface area contributed by atoms with Crippen LogP contribution in [0.5, 0.6) is 11.5 Å². The molecule has 0 aliphatic carbocycles. The molecule has 1 saturated heterocycles. The first kappa shape index (κ1) is 17.3. The highest BCUT2D eigenvalue weighted by atomic mass is 35.5. The Balaban J connectivity index is 1.52. The van der Waals surface area contributed by atoms with Crippen molar-refractivity contribution in [3.8, 4) is 11.5 Å². The molecule has 1 heterocycles. The van der Waals surface area contributed by atoms with E-state index in [2.05, 4.69) is 30.4 Å². The van der Waals surface area contributed by atoms with Gasteiger partial charge in [-0.3, -0.25) is 0 Å². The van der Waals surface area contributed by atoms with Crippen molar-refractivity contribution in [1.29, 1.82) is 0 Å². The summed E-state index contributed by atoms with van der Waals surface area (Å²) in [5, 5.41) is 3.22. The van der Waals surface area contributed by atoms with Crippen LogP contribution in [0.2, 0.25) is 5.02 Å². The fraction of sp³-hybridized carbons (Fsp3) is 0.400.